The van der Waals surface area contributed by atoms with E-state index in [4.69, 9.17) is 15.6 Å². The van der Waals surface area contributed by atoms with Gasteiger partial charge < -0.3 is 20.9 Å². The lowest BCUT2D eigenvalue weighted by atomic mass is 10.1. The van der Waals surface area contributed by atoms with Crippen molar-refractivity contribution in [3.63, 3.8) is 0 Å². The number of carboxylic acid groups (broad SMARTS) is 1. The fraction of sp³-hybridized carbons (Fsp3) is 0.417. The third kappa shape index (κ3) is 4.32. The molecule has 1 aromatic carbocycles. The molecular weight excluding hydrogens is 220 g/mol. The van der Waals surface area contributed by atoms with Gasteiger partial charge in [-0.25, -0.2) is 4.79 Å². The average Bonchev–Trinajstić information content (AvgIpc) is 2.30. The smallest absolute Gasteiger partial charge is 0.337 e. The van der Waals surface area contributed by atoms with Crippen LogP contribution in [0.4, 0.5) is 11.4 Å². The highest BCUT2D eigenvalue weighted by molar-refractivity contribution is 5.94. The lowest BCUT2D eigenvalue weighted by molar-refractivity contribution is 0.0698. The molecule has 0 aliphatic rings. The normalized spacial score (nSPS) is 10.2. The van der Waals surface area contributed by atoms with Crippen molar-refractivity contribution in [1.29, 1.82) is 0 Å². The van der Waals surface area contributed by atoms with Gasteiger partial charge >= 0.3 is 5.97 Å². The zero-order chi connectivity index (χ0) is 12.7. The molecule has 1 rings (SSSR count). The summed E-state index contributed by atoms with van der Waals surface area (Å²) >= 11 is 0. The van der Waals surface area contributed by atoms with Crippen LogP contribution in [0.1, 0.15) is 23.7 Å². The van der Waals surface area contributed by atoms with Crippen LogP contribution in [0.3, 0.4) is 0 Å². The highest BCUT2D eigenvalue weighted by atomic mass is 16.5. The minimum atomic E-state index is -1.01. The summed E-state index contributed by atoms with van der Waals surface area (Å²) in [5, 5.41) is 12.0. The molecule has 0 aliphatic heterocycles. The highest BCUT2D eigenvalue weighted by Gasteiger charge is 2.07. The Bertz CT molecular complexity index is 380. The Morgan fingerprint density at radius 3 is 2.94 bits per heavy atom. The molecule has 0 bridgehead atoms. The molecule has 0 saturated heterocycles. The largest absolute Gasteiger partial charge is 0.478 e. The summed E-state index contributed by atoms with van der Waals surface area (Å²) in [6.45, 7) is 4.10. The van der Waals surface area contributed by atoms with E-state index in [1.165, 1.54) is 0 Å². The number of nitrogens with one attached hydrogen (secondary N) is 1. The topological polar surface area (TPSA) is 84.6 Å². The molecule has 0 radical (unpaired) electrons. The van der Waals surface area contributed by atoms with E-state index in [-0.39, 0.29) is 11.3 Å². The molecule has 1 aromatic rings. The van der Waals surface area contributed by atoms with E-state index in [9.17, 15) is 4.79 Å². The van der Waals surface area contributed by atoms with Crippen molar-refractivity contribution in [3.05, 3.63) is 23.8 Å². The van der Waals surface area contributed by atoms with Crippen molar-refractivity contribution in [1.82, 2.24) is 0 Å². The van der Waals surface area contributed by atoms with Crippen molar-refractivity contribution in [2.24, 2.45) is 0 Å². The monoisotopic (exact) mass is 238 g/mol. The summed E-state index contributed by atoms with van der Waals surface area (Å²) in [4.78, 5) is 10.9. The molecule has 0 spiro atoms. The number of rotatable bonds is 7. The van der Waals surface area contributed by atoms with Gasteiger partial charge in [0.1, 0.15) is 0 Å². The number of anilines is 2. The number of benzene rings is 1. The molecule has 0 saturated carbocycles. The van der Waals surface area contributed by atoms with Gasteiger partial charge in [0, 0.05) is 31.1 Å². The van der Waals surface area contributed by atoms with Crippen LogP contribution in [0.5, 0.6) is 0 Å². The minimum absolute atomic E-state index is 0.125. The molecule has 0 atom stereocenters. The number of hydrogen-bond donors (Lipinski definition) is 3. The van der Waals surface area contributed by atoms with E-state index in [1.807, 2.05) is 6.92 Å². The number of carboxylic acids is 1. The van der Waals surface area contributed by atoms with Gasteiger partial charge in [0.15, 0.2) is 0 Å². The van der Waals surface area contributed by atoms with Crippen LogP contribution in [-0.2, 0) is 4.74 Å². The van der Waals surface area contributed by atoms with Crippen LogP contribution in [0.2, 0.25) is 0 Å². The summed E-state index contributed by atoms with van der Waals surface area (Å²) in [5.41, 5.74) is 6.71. The van der Waals surface area contributed by atoms with Crippen LogP contribution < -0.4 is 11.1 Å². The Balaban J connectivity index is 2.49. The summed E-state index contributed by atoms with van der Waals surface area (Å²) in [7, 11) is 0. The molecule has 0 fully saturated rings. The first-order valence-electron chi connectivity index (χ1n) is 5.59. The van der Waals surface area contributed by atoms with Crippen LogP contribution in [0.25, 0.3) is 0 Å². The Kier molecular flexibility index (Phi) is 5.29. The molecule has 5 heteroatoms. The second-order valence-corrected chi connectivity index (χ2v) is 3.58. The molecule has 0 aromatic heterocycles. The molecule has 0 aliphatic carbocycles. The second kappa shape index (κ2) is 6.75. The van der Waals surface area contributed by atoms with Crippen LogP contribution in [0.15, 0.2) is 18.2 Å². The predicted molar refractivity (Wildman–Crippen MR) is 67.4 cm³/mol. The van der Waals surface area contributed by atoms with Crippen LogP contribution in [-0.4, -0.2) is 30.8 Å². The van der Waals surface area contributed by atoms with Gasteiger partial charge in [0.25, 0.3) is 0 Å². The predicted octanol–water partition coefficient (Wildman–Crippen LogP) is 1.81. The maximum absolute atomic E-state index is 10.9. The maximum Gasteiger partial charge on any atom is 0.337 e. The van der Waals surface area contributed by atoms with Gasteiger partial charge in [-0.2, -0.15) is 0 Å². The second-order valence-electron chi connectivity index (χ2n) is 3.58. The summed E-state index contributed by atoms with van der Waals surface area (Å²) in [5.74, 6) is -1.01. The quantitative estimate of drug-likeness (QED) is 0.498. The molecule has 0 unspecified atom stereocenters. The lowest BCUT2D eigenvalue weighted by Gasteiger charge is -2.08. The van der Waals surface area contributed by atoms with Crippen LogP contribution >= 0.6 is 0 Å². The van der Waals surface area contributed by atoms with E-state index in [1.54, 1.807) is 18.2 Å². The summed E-state index contributed by atoms with van der Waals surface area (Å²) < 4.78 is 5.20. The van der Waals surface area contributed by atoms with Crippen molar-refractivity contribution in [3.8, 4) is 0 Å². The number of ether oxygens (including phenoxy) is 1. The average molecular weight is 238 g/mol. The van der Waals surface area contributed by atoms with Crippen molar-refractivity contribution >= 4 is 17.3 Å². The van der Waals surface area contributed by atoms with Gasteiger partial charge in [-0.1, -0.05) is 0 Å². The SMILES string of the molecule is CCOCCCNc1ccc(N)c(C(=O)O)c1. The number of carbonyl (C=O) groups is 1. The first kappa shape index (κ1) is 13.3. The zero-order valence-corrected chi connectivity index (χ0v) is 9.90. The van der Waals surface area contributed by atoms with Gasteiger partial charge in [-0.3, -0.25) is 0 Å². The summed E-state index contributed by atoms with van der Waals surface area (Å²) in [6, 6.07) is 4.90. The molecular formula is C12H18N2O3. The summed E-state index contributed by atoms with van der Waals surface area (Å²) in [6.07, 6.45) is 0.876. The zero-order valence-electron chi connectivity index (χ0n) is 9.90. The molecule has 0 amide bonds. The van der Waals surface area contributed by atoms with E-state index in [2.05, 4.69) is 5.32 Å². The van der Waals surface area contributed by atoms with Gasteiger partial charge in [0.2, 0.25) is 0 Å². The third-order valence-electron chi connectivity index (χ3n) is 2.28. The van der Waals surface area contributed by atoms with E-state index < -0.39 is 5.97 Å². The van der Waals surface area contributed by atoms with Crippen molar-refractivity contribution < 1.29 is 14.6 Å². The number of hydrogen-bond acceptors (Lipinski definition) is 4. The Morgan fingerprint density at radius 1 is 1.53 bits per heavy atom. The van der Waals surface area contributed by atoms with Crippen LogP contribution in [0, 0.1) is 0 Å². The fourth-order valence-corrected chi connectivity index (χ4v) is 1.40. The molecule has 0 heterocycles. The van der Waals surface area contributed by atoms with Crippen molar-refractivity contribution in [2.45, 2.75) is 13.3 Å². The van der Waals surface area contributed by atoms with E-state index in [0.717, 1.165) is 18.7 Å². The Labute approximate surface area is 101 Å². The van der Waals surface area contributed by atoms with E-state index in [0.29, 0.717) is 13.2 Å². The van der Waals surface area contributed by atoms with E-state index >= 15 is 0 Å². The standard InChI is InChI=1S/C12H18N2O3/c1-2-17-7-3-6-14-9-4-5-11(13)10(8-9)12(15)16/h4-5,8,14H,2-3,6-7,13H2,1H3,(H,15,16). The molecule has 17 heavy (non-hydrogen) atoms. The fourth-order valence-electron chi connectivity index (χ4n) is 1.40. The molecule has 4 N–H and O–H groups in total. The first-order chi connectivity index (χ1) is 8.15. The third-order valence-corrected chi connectivity index (χ3v) is 2.28. The van der Waals surface area contributed by atoms with Crippen molar-refractivity contribution in [2.75, 3.05) is 30.8 Å². The van der Waals surface area contributed by atoms with Gasteiger partial charge in [0.05, 0.1) is 5.56 Å². The number of aromatic carboxylic acids is 1. The van der Waals surface area contributed by atoms with Gasteiger partial charge in [-0.05, 0) is 31.5 Å². The number of nitrogens with two attached hydrogens (primary N) is 1. The highest BCUT2D eigenvalue weighted by Crippen LogP contribution is 2.17. The maximum atomic E-state index is 10.9. The molecule has 94 valence electrons. The minimum Gasteiger partial charge on any atom is -0.478 e. The van der Waals surface area contributed by atoms with Gasteiger partial charge in [-0.15, -0.1) is 0 Å². The lowest BCUT2D eigenvalue weighted by Crippen LogP contribution is -2.08. The first-order valence-corrected chi connectivity index (χ1v) is 5.59. The Morgan fingerprint density at radius 2 is 2.29 bits per heavy atom. The number of nitrogen functional groups attached to an aromatic ring is 1. The molecule has 5 nitrogen and oxygen atoms in total. The Hall–Kier alpha value is -1.75.